The largest absolute Gasteiger partial charge is 0.331 e. The number of carbonyl (C=O) groups is 1. The lowest BCUT2D eigenvalue weighted by Gasteiger charge is -2.32. The summed E-state index contributed by atoms with van der Waals surface area (Å²) in [5.74, 6) is 1.98. The number of aromatic amines is 1. The zero-order valence-electron chi connectivity index (χ0n) is 15.8. The van der Waals surface area contributed by atoms with Crippen molar-refractivity contribution in [2.45, 2.75) is 45.6 Å². The molecule has 1 amide bonds. The summed E-state index contributed by atoms with van der Waals surface area (Å²) in [5, 5.41) is 0.836. The topological polar surface area (TPSA) is 70.5 Å². The molecule has 0 radical (unpaired) electrons. The minimum atomic E-state index is 0.0327. The van der Waals surface area contributed by atoms with E-state index in [0.29, 0.717) is 11.8 Å². The molecule has 0 bridgehead atoms. The third kappa shape index (κ3) is 3.21. The molecule has 27 heavy (non-hydrogen) atoms. The number of H-pyrrole nitrogens is 1. The van der Waals surface area contributed by atoms with Gasteiger partial charge in [0.25, 0.3) is 5.56 Å². The van der Waals surface area contributed by atoms with Gasteiger partial charge in [-0.2, -0.15) is 0 Å². The van der Waals surface area contributed by atoms with E-state index in [4.69, 9.17) is 4.98 Å². The van der Waals surface area contributed by atoms with Gasteiger partial charge in [0.05, 0.1) is 31.6 Å². The molecule has 3 heterocycles. The molecule has 2 aromatic rings. The summed E-state index contributed by atoms with van der Waals surface area (Å²) in [6, 6.07) is 0. The highest BCUT2D eigenvalue weighted by molar-refractivity contribution is 7.18. The molecule has 2 aromatic heterocycles. The van der Waals surface area contributed by atoms with E-state index in [1.807, 2.05) is 4.90 Å². The Kier molecular flexibility index (Phi) is 4.31. The first kappa shape index (κ1) is 17.4. The average molecular weight is 388 g/mol. The molecule has 5 rings (SSSR count). The Morgan fingerprint density at radius 2 is 2.04 bits per heavy atom. The van der Waals surface area contributed by atoms with E-state index in [1.165, 1.54) is 28.2 Å². The van der Waals surface area contributed by atoms with Gasteiger partial charge < -0.3 is 14.8 Å². The molecular weight excluding hydrogens is 360 g/mol. The predicted octanol–water partition coefficient (Wildman–Crippen LogP) is 0.747. The van der Waals surface area contributed by atoms with Crippen molar-refractivity contribution in [2.75, 3.05) is 26.2 Å². The Balaban J connectivity index is 1.28. The van der Waals surface area contributed by atoms with E-state index in [0.717, 1.165) is 68.0 Å². The first-order valence-electron chi connectivity index (χ1n) is 10.3. The van der Waals surface area contributed by atoms with E-state index in [1.54, 1.807) is 11.3 Å². The zero-order valence-corrected chi connectivity index (χ0v) is 16.7. The number of aryl methyl sites for hydroxylation is 2. The highest BCUT2D eigenvalue weighted by Gasteiger charge is 2.42. The van der Waals surface area contributed by atoms with Crippen molar-refractivity contribution in [1.29, 1.82) is 0 Å². The Bertz CT molecular complexity index is 941. The van der Waals surface area contributed by atoms with Crippen molar-refractivity contribution in [3.63, 3.8) is 0 Å². The fourth-order valence-electron chi connectivity index (χ4n) is 4.65. The number of piperazine rings is 1. The lowest BCUT2D eigenvalue weighted by Crippen LogP contribution is -3.13. The molecule has 1 aliphatic heterocycles. The van der Waals surface area contributed by atoms with E-state index in [2.05, 4.69) is 11.9 Å². The van der Waals surface area contributed by atoms with Crippen LogP contribution in [-0.4, -0.2) is 47.0 Å². The number of thiophene rings is 1. The van der Waals surface area contributed by atoms with Crippen LogP contribution in [0.1, 0.15) is 42.5 Å². The van der Waals surface area contributed by atoms with Crippen LogP contribution in [0.25, 0.3) is 10.2 Å². The summed E-state index contributed by atoms with van der Waals surface area (Å²) in [4.78, 5) is 38.6. The number of carbonyl (C=O) groups excluding carboxylic acids is 1. The number of rotatable bonds is 3. The number of hydrogen-bond donors (Lipinski definition) is 2. The molecule has 2 fully saturated rings. The first-order chi connectivity index (χ1) is 13.1. The zero-order chi connectivity index (χ0) is 18.5. The average Bonchev–Trinajstić information content (AvgIpc) is 3.27. The fourth-order valence-corrected chi connectivity index (χ4v) is 5.93. The van der Waals surface area contributed by atoms with E-state index in [-0.39, 0.29) is 11.5 Å². The quantitative estimate of drug-likeness (QED) is 0.816. The van der Waals surface area contributed by atoms with Gasteiger partial charge in [-0.05, 0) is 43.6 Å². The van der Waals surface area contributed by atoms with Gasteiger partial charge in [0.1, 0.15) is 11.4 Å². The molecule has 0 aromatic carbocycles. The van der Waals surface area contributed by atoms with Gasteiger partial charge in [0.2, 0.25) is 5.91 Å². The third-order valence-electron chi connectivity index (χ3n) is 6.50. The standard InChI is InChI=1S/C20H26N4O2S/c1-12-10-14(12)20(26)24-8-6-23(7-9-24)11-16-21-18(25)17-13-4-2-3-5-15(13)27-19(17)22-16/h12,14H,2-11H2,1H3,(H,21,22,25)/p+1/t12-,14-/m0/s1. The second-order valence-electron chi connectivity index (χ2n) is 8.48. The van der Waals surface area contributed by atoms with E-state index >= 15 is 0 Å². The van der Waals surface area contributed by atoms with Gasteiger partial charge in [0.15, 0.2) is 5.82 Å². The van der Waals surface area contributed by atoms with Gasteiger partial charge in [-0.1, -0.05) is 6.92 Å². The van der Waals surface area contributed by atoms with Crippen LogP contribution in [0, 0.1) is 11.8 Å². The van der Waals surface area contributed by atoms with E-state index < -0.39 is 0 Å². The molecule has 3 aliphatic rings. The number of quaternary nitrogens is 1. The van der Waals surface area contributed by atoms with Crippen molar-refractivity contribution in [1.82, 2.24) is 14.9 Å². The first-order valence-corrected chi connectivity index (χ1v) is 11.1. The number of fused-ring (bicyclic) bond motifs is 3. The normalized spacial score (nSPS) is 25.6. The molecular formula is C20H27N4O2S+. The fraction of sp³-hybridized carbons (Fsp3) is 0.650. The summed E-state index contributed by atoms with van der Waals surface area (Å²) in [5.41, 5.74) is 1.28. The SMILES string of the molecule is C[C@H]1C[C@@H]1C(=O)N1CC[NH+](Cc2nc3sc4c(c3c(=O)[nH]2)CCCC4)CC1. The lowest BCUT2D eigenvalue weighted by atomic mass is 9.97. The Hall–Kier alpha value is -1.73. The summed E-state index contributed by atoms with van der Waals surface area (Å²) in [6.45, 7) is 6.37. The summed E-state index contributed by atoms with van der Waals surface area (Å²) >= 11 is 1.71. The summed E-state index contributed by atoms with van der Waals surface area (Å²) in [7, 11) is 0. The van der Waals surface area contributed by atoms with Crippen LogP contribution in [0.15, 0.2) is 4.79 Å². The van der Waals surface area contributed by atoms with Gasteiger partial charge in [-0.3, -0.25) is 9.59 Å². The van der Waals surface area contributed by atoms with Crippen LogP contribution in [0.3, 0.4) is 0 Å². The van der Waals surface area contributed by atoms with Crippen LogP contribution in [0.2, 0.25) is 0 Å². The minimum Gasteiger partial charge on any atom is -0.331 e. The molecule has 1 saturated carbocycles. The van der Waals surface area contributed by atoms with Gasteiger partial charge in [-0.25, -0.2) is 4.98 Å². The van der Waals surface area contributed by atoms with Crippen molar-refractivity contribution < 1.29 is 9.69 Å². The predicted molar refractivity (Wildman–Crippen MR) is 105 cm³/mol. The smallest absolute Gasteiger partial charge is 0.260 e. The lowest BCUT2D eigenvalue weighted by molar-refractivity contribution is -0.918. The van der Waals surface area contributed by atoms with Crippen molar-refractivity contribution in [2.24, 2.45) is 11.8 Å². The molecule has 0 unspecified atom stereocenters. The van der Waals surface area contributed by atoms with Gasteiger partial charge in [0, 0.05) is 10.8 Å². The van der Waals surface area contributed by atoms with Gasteiger partial charge >= 0.3 is 0 Å². The molecule has 6 nitrogen and oxygen atoms in total. The number of nitrogens with zero attached hydrogens (tertiary/aromatic N) is 2. The number of nitrogens with one attached hydrogen (secondary N) is 2. The number of amides is 1. The number of aromatic nitrogens is 2. The van der Waals surface area contributed by atoms with Crippen LogP contribution < -0.4 is 10.5 Å². The molecule has 2 atom stereocenters. The van der Waals surface area contributed by atoms with Crippen LogP contribution in [-0.2, 0) is 24.2 Å². The number of hydrogen-bond acceptors (Lipinski definition) is 4. The van der Waals surface area contributed by atoms with Crippen LogP contribution in [0.4, 0.5) is 0 Å². The van der Waals surface area contributed by atoms with Crippen LogP contribution in [0.5, 0.6) is 0 Å². The molecule has 2 N–H and O–H groups in total. The third-order valence-corrected chi connectivity index (χ3v) is 7.69. The maximum Gasteiger partial charge on any atom is 0.260 e. The Morgan fingerprint density at radius 3 is 2.78 bits per heavy atom. The molecule has 1 saturated heterocycles. The highest BCUT2D eigenvalue weighted by atomic mass is 32.1. The second-order valence-corrected chi connectivity index (χ2v) is 9.56. The monoisotopic (exact) mass is 387 g/mol. The summed E-state index contributed by atoms with van der Waals surface area (Å²) in [6.07, 6.45) is 5.55. The Labute approximate surface area is 162 Å². The van der Waals surface area contributed by atoms with Crippen LogP contribution >= 0.6 is 11.3 Å². The summed E-state index contributed by atoms with van der Waals surface area (Å²) < 4.78 is 0. The van der Waals surface area contributed by atoms with Crippen molar-refractivity contribution >= 4 is 27.5 Å². The minimum absolute atomic E-state index is 0.0327. The van der Waals surface area contributed by atoms with Crippen molar-refractivity contribution in [3.05, 3.63) is 26.6 Å². The maximum absolute atomic E-state index is 12.7. The van der Waals surface area contributed by atoms with Crippen molar-refractivity contribution in [3.8, 4) is 0 Å². The van der Waals surface area contributed by atoms with Gasteiger partial charge in [-0.15, -0.1) is 11.3 Å². The molecule has 144 valence electrons. The Morgan fingerprint density at radius 1 is 1.30 bits per heavy atom. The highest BCUT2D eigenvalue weighted by Crippen LogP contribution is 2.39. The molecule has 2 aliphatic carbocycles. The second kappa shape index (κ2) is 6.71. The molecule has 0 spiro atoms. The maximum atomic E-state index is 12.7. The molecule has 7 heteroatoms. The van der Waals surface area contributed by atoms with E-state index in [9.17, 15) is 9.59 Å².